The van der Waals surface area contributed by atoms with E-state index in [1.165, 1.54) is 0 Å². The van der Waals surface area contributed by atoms with Gasteiger partial charge in [0.25, 0.3) is 5.91 Å². The monoisotopic (exact) mass is 426 g/mol. The van der Waals surface area contributed by atoms with E-state index < -0.39 is 5.63 Å². The summed E-state index contributed by atoms with van der Waals surface area (Å²) in [6, 6.07) is 25.2. The molecule has 4 aromatic carbocycles. The smallest absolute Gasteiger partial charge is 0.347 e. The van der Waals surface area contributed by atoms with Crippen LogP contribution in [0.4, 0.5) is 5.69 Å². The number of aromatic nitrogens is 1. The number of anilines is 1. The van der Waals surface area contributed by atoms with Crippen molar-refractivity contribution in [3.05, 3.63) is 106 Å². The lowest BCUT2D eigenvalue weighted by Gasteiger charge is -2.11. The molecule has 1 heterocycles. The maximum absolute atomic E-state index is 12.9. The van der Waals surface area contributed by atoms with Crippen LogP contribution in [-0.4, -0.2) is 10.9 Å². The fourth-order valence-electron chi connectivity index (χ4n) is 3.46. The van der Waals surface area contributed by atoms with Crippen LogP contribution in [0.25, 0.3) is 33.1 Å². The Kier molecular flexibility index (Phi) is 4.73. The number of rotatable bonds is 3. The second-order valence-corrected chi connectivity index (χ2v) is 7.47. The molecule has 31 heavy (non-hydrogen) atoms. The molecule has 0 aliphatic carbocycles. The molecule has 6 heteroatoms. The highest BCUT2D eigenvalue weighted by atomic mass is 35.5. The molecule has 0 radical (unpaired) electrons. The highest BCUT2D eigenvalue weighted by Gasteiger charge is 2.15. The number of halogens is 1. The van der Waals surface area contributed by atoms with E-state index in [0.717, 1.165) is 10.8 Å². The molecule has 0 aliphatic rings. The van der Waals surface area contributed by atoms with E-state index in [1.807, 2.05) is 36.4 Å². The third-order valence-electron chi connectivity index (χ3n) is 5.01. The van der Waals surface area contributed by atoms with Gasteiger partial charge in [0.2, 0.25) is 5.89 Å². The Morgan fingerprint density at radius 1 is 0.871 bits per heavy atom. The minimum atomic E-state index is -0.521. The third-order valence-corrected chi connectivity index (χ3v) is 5.24. The number of nitrogens with one attached hydrogen (secondary N) is 1. The van der Waals surface area contributed by atoms with Crippen LogP contribution in [-0.2, 0) is 0 Å². The Labute approximate surface area is 181 Å². The molecule has 0 spiro atoms. The Morgan fingerprint density at radius 2 is 1.65 bits per heavy atom. The number of benzene rings is 4. The van der Waals surface area contributed by atoms with E-state index in [4.69, 9.17) is 16.0 Å². The molecule has 5 aromatic rings. The average Bonchev–Trinajstić information content (AvgIpc) is 2.78. The zero-order valence-corrected chi connectivity index (χ0v) is 16.9. The standard InChI is InChI=1S/C25H15ClN2O3/c26-18-11-12-20-22(14-18)28-24(31-25(20)30)19-7-3-4-8-21(19)27-23(29)17-10-9-15-5-1-2-6-16(15)13-17/h1-14H,(H,27,29). The van der Waals surface area contributed by atoms with Gasteiger partial charge in [0, 0.05) is 10.6 Å². The number of carbonyl (C=O) groups is 1. The van der Waals surface area contributed by atoms with Crippen molar-refractivity contribution in [2.75, 3.05) is 5.32 Å². The van der Waals surface area contributed by atoms with Gasteiger partial charge >= 0.3 is 5.63 Å². The fourth-order valence-corrected chi connectivity index (χ4v) is 3.63. The van der Waals surface area contributed by atoms with Gasteiger partial charge in [0.05, 0.1) is 22.2 Å². The Morgan fingerprint density at radius 3 is 2.52 bits per heavy atom. The van der Waals surface area contributed by atoms with Crippen molar-refractivity contribution in [2.45, 2.75) is 0 Å². The van der Waals surface area contributed by atoms with E-state index in [-0.39, 0.29) is 11.8 Å². The molecule has 0 atom stereocenters. The summed E-state index contributed by atoms with van der Waals surface area (Å²) in [7, 11) is 0. The van der Waals surface area contributed by atoms with E-state index in [2.05, 4.69) is 10.3 Å². The van der Waals surface area contributed by atoms with Gasteiger partial charge in [-0.05, 0) is 53.2 Å². The van der Waals surface area contributed by atoms with E-state index in [9.17, 15) is 9.59 Å². The minimum Gasteiger partial charge on any atom is -0.403 e. The zero-order valence-electron chi connectivity index (χ0n) is 16.1. The number of nitrogens with zero attached hydrogens (tertiary/aromatic N) is 1. The minimum absolute atomic E-state index is 0.106. The van der Waals surface area contributed by atoms with Crippen molar-refractivity contribution in [3.8, 4) is 11.5 Å². The third kappa shape index (κ3) is 3.67. The van der Waals surface area contributed by atoms with Gasteiger partial charge in [-0.1, -0.05) is 54.1 Å². The van der Waals surface area contributed by atoms with Gasteiger partial charge in [-0.2, -0.15) is 0 Å². The lowest BCUT2D eigenvalue weighted by atomic mass is 10.1. The number of para-hydroxylation sites is 1. The van der Waals surface area contributed by atoms with Gasteiger partial charge in [-0.15, -0.1) is 0 Å². The normalized spacial score (nSPS) is 11.0. The number of carbonyl (C=O) groups excluding carboxylic acids is 1. The summed E-state index contributed by atoms with van der Waals surface area (Å²) in [4.78, 5) is 29.8. The van der Waals surface area contributed by atoms with E-state index >= 15 is 0 Å². The first kappa shape index (κ1) is 19.0. The van der Waals surface area contributed by atoms with Crippen LogP contribution < -0.4 is 10.9 Å². The summed E-state index contributed by atoms with van der Waals surface area (Å²) in [5.74, 6) is -0.168. The Hall–Kier alpha value is -3.96. The first-order valence-corrected chi connectivity index (χ1v) is 9.96. The average molecular weight is 427 g/mol. The summed E-state index contributed by atoms with van der Waals surface area (Å²) in [5, 5.41) is 5.74. The van der Waals surface area contributed by atoms with Gasteiger partial charge in [-0.3, -0.25) is 4.79 Å². The number of amides is 1. The molecular weight excluding hydrogens is 412 g/mol. The summed E-state index contributed by atoms with van der Waals surface area (Å²) >= 11 is 6.05. The zero-order chi connectivity index (χ0) is 21.4. The van der Waals surface area contributed by atoms with Gasteiger partial charge in [0.15, 0.2) is 0 Å². The Bertz CT molecular complexity index is 1520. The summed E-state index contributed by atoms with van der Waals surface area (Å²) in [6.45, 7) is 0. The van der Waals surface area contributed by atoms with Crippen molar-refractivity contribution in [3.63, 3.8) is 0 Å². The van der Waals surface area contributed by atoms with Crippen molar-refractivity contribution >= 4 is 44.9 Å². The van der Waals surface area contributed by atoms with Crippen LogP contribution in [0.5, 0.6) is 0 Å². The molecule has 0 aliphatic heterocycles. The van der Waals surface area contributed by atoms with Crippen LogP contribution in [0, 0.1) is 0 Å². The van der Waals surface area contributed by atoms with Crippen LogP contribution >= 0.6 is 11.6 Å². The van der Waals surface area contributed by atoms with Gasteiger partial charge in [-0.25, -0.2) is 9.78 Å². The second-order valence-electron chi connectivity index (χ2n) is 7.03. The molecular formula is C25H15ClN2O3. The largest absolute Gasteiger partial charge is 0.403 e. The molecule has 0 saturated carbocycles. The highest BCUT2D eigenvalue weighted by Crippen LogP contribution is 2.28. The van der Waals surface area contributed by atoms with Gasteiger partial charge < -0.3 is 9.73 Å². The number of hydrogen-bond acceptors (Lipinski definition) is 4. The molecule has 0 unspecified atom stereocenters. The number of hydrogen-bond donors (Lipinski definition) is 1. The second kappa shape index (κ2) is 7.70. The lowest BCUT2D eigenvalue weighted by molar-refractivity contribution is 0.102. The Balaban J connectivity index is 1.54. The van der Waals surface area contributed by atoms with E-state index in [0.29, 0.717) is 32.7 Å². The van der Waals surface area contributed by atoms with Crippen molar-refractivity contribution in [1.29, 1.82) is 0 Å². The topological polar surface area (TPSA) is 72.2 Å². The fraction of sp³-hybridized carbons (Fsp3) is 0. The summed E-state index contributed by atoms with van der Waals surface area (Å²) in [6.07, 6.45) is 0. The van der Waals surface area contributed by atoms with Crippen molar-refractivity contribution in [1.82, 2.24) is 4.98 Å². The van der Waals surface area contributed by atoms with Crippen molar-refractivity contribution in [2.24, 2.45) is 0 Å². The molecule has 5 rings (SSSR count). The molecule has 1 N–H and O–H groups in total. The maximum Gasteiger partial charge on any atom is 0.347 e. The molecule has 5 nitrogen and oxygen atoms in total. The lowest BCUT2D eigenvalue weighted by Crippen LogP contribution is -2.13. The molecule has 0 saturated heterocycles. The van der Waals surface area contributed by atoms with Gasteiger partial charge in [0.1, 0.15) is 0 Å². The van der Waals surface area contributed by atoms with Crippen LogP contribution in [0.3, 0.4) is 0 Å². The predicted molar refractivity (Wildman–Crippen MR) is 123 cm³/mol. The predicted octanol–water partition coefficient (Wildman–Crippen LogP) is 5.91. The molecule has 150 valence electrons. The summed E-state index contributed by atoms with van der Waals surface area (Å²) in [5.41, 5.74) is 1.41. The van der Waals surface area contributed by atoms with Crippen molar-refractivity contribution < 1.29 is 9.21 Å². The first-order valence-electron chi connectivity index (χ1n) is 9.58. The molecule has 1 aromatic heterocycles. The van der Waals surface area contributed by atoms with Crippen LogP contribution in [0.1, 0.15) is 10.4 Å². The molecule has 0 bridgehead atoms. The van der Waals surface area contributed by atoms with Crippen LogP contribution in [0.15, 0.2) is 94.1 Å². The van der Waals surface area contributed by atoms with Crippen LogP contribution in [0.2, 0.25) is 5.02 Å². The maximum atomic E-state index is 12.9. The SMILES string of the molecule is O=C(Nc1ccccc1-c1nc2cc(Cl)ccc2c(=O)o1)c1ccc2ccccc2c1. The molecule has 0 fully saturated rings. The molecule has 1 amide bonds. The number of fused-ring (bicyclic) bond motifs is 2. The first-order chi connectivity index (χ1) is 15.1. The quantitative estimate of drug-likeness (QED) is 0.389. The van der Waals surface area contributed by atoms with E-state index in [1.54, 1.807) is 48.5 Å². The summed E-state index contributed by atoms with van der Waals surface area (Å²) < 4.78 is 5.44. The highest BCUT2D eigenvalue weighted by molar-refractivity contribution is 6.31.